The molecule has 5 rings (SSSR count). The third-order valence-corrected chi connectivity index (χ3v) is 7.00. The summed E-state index contributed by atoms with van der Waals surface area (Å²) in [6, 6.07) is 14.9. The first kappa shape index (κ1) is 23.0. The second-order valence-electron chi connectivity index (χ2n) is 9.39. The minimum atomic E-state index is -0.942. The van der Waals surface area contributed by atoms with Crippen LogP contribution in [0, 0.1) is 0 Å². The normalized spacial score (nSPS) is 14.4. The van der Waals surface area contributed by atoms with Gasteiger partial charge in [-0.1, -0.05) is 75.1 Å². The first-order valence-corrected chi connectivity index (χ1v) is 12.5. The molecule has 0 atom stereocenters. The number of H-pyrrole nitrogens is 1. The Kier molecular flexibility index (Phi) is 6.49. The summed E-state index contributed by atoms with van der Waals surface area (Å²) in [4.78, 5) is 29.6. The number of nitrogens with zero attached hydrogens (tertiary/aromatic N) is 3. The van der Waals surface area contributed by atoms with E-state index in [2.05, 4.69) is 21.7 Å². The van der Waals surface area contributed by atoms with E-state index >= 15 is 0 Å². The third kappa shape index (κ3) is 4.50. The van der Waals surface area contributed by atoms with Crippen molar-refractivity contribution in [3.05, 3.63) is 81.5 Å². The molecule has 180 valence electrons. The van der Waals surface area contributed by atoms with E-state index in [1.807, 2.05) is 36.4 Å². The lowest BCUT2D eigenvalue weighted by molar-refractivity contribution is 0.0697. The predicted octanol–water partition coefficient (Wildman–Crippen LogP) is 5.53. The van der Waals surface area contributed by atoms with Crippen molar-refractivity contribution < 1.29 is 9.90 Å². The zero-order chi connectivity index (χ0) is 24.4. The second-order valence-corrected chi connectivity index (χ2v) is 9.39. The summed E-state index contributed by atoms with van der Waals surface area (Å²) in [7, 11) is 0. The highest BCUT2D eigenvalue weighted by Crippen LogP contribution is 2.34. The summed E-state index contributed by atoms with van der Waals surface area (Å²) >= 11 is 0. The molecule has 0 saturated heterocycles. The summed E-state index contributed by atoms with van der Waals surface area (Å²) in [6.45, 7) is 2.63. The number of rotatable bonds is 7. The van der Waals surface area contributed by atoms with Crippen molar-refractivity contribution in [3.63, 3.8) is 0 Å². The lowest BCUT2D eigenvalue weighted by atomic mass is 9.88. The van der Waals surface area contributed by atoms with Gasteiger partial charge < -0.3 is 9.67 Å². The topological polar surface area (TPSA) is 101 Å². The van der Waals surface area contributed by atoms with Crippen LogP contribution in [-0.2, 0) is 13.0 Å². The summed E-state index contributed by atoms with van der Waals surface area (Å²) < 4.78 is 2.09. The third-order valence-electron chi connectivity index (χ3n) is 7.00. The number of carboxylic acid groups (broad SMARTS) is 1. The SMILES string of the molecule is CCCc1n[nH]c(=O)c2c1nc(C1CCCCC1)n2Cc1ccc(-c2ccccc2C(=O)O)cc1. The van der Waals surface area contributed by atoms with Crippen molar-refractivity contribution in [3.8, 4) is 11.1 Å². The Balaban J connectivity index is 1.56. The molecule has 2 aromatic heterocycles. The predicted molar refractivity (Wildman–Crippen MR) is 136 cm³/mol. The van der Waals surface area contributed by atoms with Gasteiger partial charge in [-0.15, -0.1) is 0 Å². The summed E-state index contributed by atoms with van der Waals surface area (Å²) in [5, 5.41) is 16.6. The number of benzene rings is 2. The minimum Gasteiger partial charge on any atom is -0.478 e. The molecule has 2 N–H and O–H groups in total. The van der Waals surface area contributed by atoms with Gasteiger partial charge >= 0.3 is 5.97 Å². The highest BCUT2D eigenvalue weighted by molar-refractivity contribution is 5.96. The van der Waals surface area contributed by atoms with Gasteiger partial charge in [-0.25, -0.2) is 14.9 Å². The van der Waals surface area contributed by atoms with E-state index < -0.39 is 5.97 Å². The van der Waals surface area contributed by atoms with E-state index in [1.165, 1.54) is 19.3 Å². The summed E-state index contributed by atoms with van der Waals surface area (Å²) in [5.41, 5.74) is 4.82. The molecule has 2 heterocycles. The van der Waals surface area contributed by atoms with Gasteiger partial charge in [-0.2, -0.15) is 5.10 Å². The molecule has 7 heteroatoms. The molecule has 1 aliphatic carbocycles. The maximum absolute atomic E-state index is 12.9. The van der Waals surface area contributed by atoms with Crippen LogP contribution in [0.2, 0.25) is 0 Å². The molecule has 4 aromatic rings. The molecule has 0 unspecified atom stereocenters. The molecule has 7 nitrogen and oxygen atoms in total. The van der Waals surface area contributed by atoms with E-state index in [-0.39, 0.29) is 11.1 Å². The zero-order valence-electron chi connectivity index (χ0n) is 20.0. The average molecular weight is 471 g/mol. The molecule has 1 aliphatic rings. The number of aromatic amines is 1. The van der Waals surface area contributed by atoms with Gasteiger partial charge in [0.05, 0.1) is 11.3 Å². The molecular weight excluding hydrogens is 440 g/mol. The van der Waals surface area contributed by atoms with Gasteiger partial charge in [0.15, 0.2) is 0 Å². The van der Waals surface area contributed by atoms with Crippen LogP contribution in [0.4, 0.5) is 0 Å². The van der Waals surface area contributed by atoms with Crippen molar-refractivity contribution >= 4 is 17.0 Å². The van der Waals surface area contributed by atoms with Crippen LogP contribution in [0.25, 0.3) is 22.2 Å². The first-order valence-electron chi connectivity index (χ1n) is 12.5. The second kappa shape index (κ2) is 9.86. The standard InChI is InChI=1S/C28H30N4O3/c1-2-8-23-24-25(27(33)31-30-23)32(26(29-24)20-9-4-3-5-10-20)17-18-13-15-19(16-14-18)21-11-6-7-12-22(21)28(34)35/h6-7,11-16,20H,2-5,8-10,17H2,1H3,(H,31,33)(H,34,35). The minimum absolute atomic E-state index is 0.207. The Labute approximate surface area is 203 Å². The smallest absolute Gasteiger partial charge is 0.336 e. The van der Waals surface area contributed by atoms with Crippen LogP contribution in [0.3, 0.4) is 0 Å². The fraction of sp³-hybridized carbons (Fsp3) is 0.357. The number of nitrogens with one attached hydrogen (secondary N) is 1. The number of aromatic nitrogens is 4. The Hall–Kier alpha value is -3.74. The van der Waals surface area contributed by atoms with Gasteiger partial charge in [0, 0.05) is 12.5 Å². The van der Waals surface area contributed by atoms with Gasteiger partial charge in [0.1, 0.15) is 16.9 Å². The Morgan fingerprint density at radius 2 is 1.83 bits per heavy atom. The van der Waals surface area contributed by atoms with Crippen LogP contribution in [0.5, 0.6) is 0 Å². The molecule has 0 radical (unpaired) electrons. The fourth-order valence-corrected chi connectivity index (χ4v) is 5.26. The summed E-state index contributed by atoms with van der Waals surface area (Å²) in [6.07, 6.45) is 7.49. The summed E-state index contributed by atoms with van der Waals surface area (Å²) in [5.74, 6) is 0.380. The number of hydrogen-bond donors (Lipinski definition) is 2. The van der Waals surface area contributed by atoms with Crippen molar-refractivity contribution in [1.82, 2.24) is 19.7 Å². The molecule has 0 amide bonds. The lowest BCUT2D eigenvalue weighted by Gasteiger charge is -2.22. The Morgan fingerprint density at radius 1 is 1.09 bits per heavy atom. The van der Waals surface area contributed by atoms with Gasteiger partial charge in [-0.05, 0) is 42.0 Å². The van der Waals surface area contributed by atoms with Crippen molar-refractivity contribution in [2.45, 2.75) is 64.3 Å². The van der Waals surface area contributed by atoms with Crippen LogP contribution < -0.4 is 5.56 Å². The maximum atomic E-state index is 12.9. The number of carbonyl (C=O) groups is 1. The van der Waals surface area contributed by atoms with Crippen molar-refractivity contribution in [2.75, 3.05) is 0 Å². The zero-order valence-corrected chi connectivity index (χ0v) is 20.0. The highest BCUT2D eigenvalue weighted by atomic mass is 16.4. The molecule has 0 bridgehead atoms. The fourth-order valence-electron chi connectivity index (χ4n) is 5.26. The molecule has 0 aliphatic heterocycles. The largest absolute Gasteiger partial charge is 0.478 e. The van der Waals surface area contributed by atoms with Crippen molar-refractivity contribution in [2.24, 2.45) is 0 Å². The van der Waals surface area contributed by atoms with Crippen LogP contribution in [-0.4, -0.2) is 30.8 Å². The van der Waals surface area contributed by atoms with Gasteiger partial charge in [-0.3, -0.25) is 4.79 Å². The number of imidazole rings is 1. The first-order chi connectivity index (χ1) is 17.1. The number of fused-ring (bicyclic) bond motifs is 1. The Morgan fingerprint density at radius 3 is 2.54 bits per heavy atom. The average Bonchev–Trinajstić information content (AvgIpc) is 3.27. The van der Waals surface area contributed by atoms with E-state index in [9.17, 15) is 14.7 Å². The Bertz CT molecular complexity index is 1410. The number of carboxylic acids is 1. The molecule has 0 spiro atoms. The maximum Gasteiger partial charge on any atom is 0.336 e. The van der Waals surface area contributed by atoms with E-state index in [4.69, 9.17) is 4.98 Å². The number of aryl methyl sites for hydroxylation is 1. The molecule has 35 heavy (non-hydrogen) atoms. The van der Waals surface area contributed by atoms with Crippen molar-refractivity contribution in [1.29, 1.82) is 0 Å². The molecule has 1 fully saturated rings. The molecule has 2 aromatic carbocycles. The van der Waals surface area contributed by atoms with Crippen LogP contribution >= 0.6 is 0 Å². The van der Waals surface area contributed by atoms with Gasteiger partial charge in [0.2, 0.25) is 0 Å². The monoisotopic (exact) mass is 470 g/mol. The molecule has 1 saturated carbocycles. The molecular formula is C28H30N4O3. The van der Waals surface area contributed by atoms with Gasteiger partial charge in [0.25, 0.3) is 5.56 Å². The number of aromatic carboxylic acids is 1. The van der Waals surface area contributed by atoms with E-state index in [1.54, 1.807) is 12.1 Å². The van der Waals surface area contributed by atoms with E-state index in [0.717, 1.165) is 53.8 Å². The van der Waals surface area contributed by atoms with E-state index in [0.29, 0.717) is 23.5 Å². The quantitative estimate of drug-likeness (QED) is 0.370. The number of hydrogen-bond acceptors (Lipinski definition) is 4. The lowest BCUT2D eigenvalue weighted by Crippen LogP contribution is -2.18. The van der Waals surface area contributed by atoms with Crippen LogP contribution in [0.1, 0.15) is 78.8 Å². The highest BCUT2D eigenvalue weighted by Gasteiger charge is 2.25. The van der Waals surface area contributed by atoms with Crippen LogP contribution in [0.15, 0.2) is 53.3 Å².